The largest absolute Gasteiger partial charge is 0.312 e. The molecule has 26 heavy (non-hydrogen) atoms. The first-order chi connectivity index (χ1) is 12.7. The maximum Gasteiger partial charge on any atom is 0.226 e. The van der Waals surface area contributed by atoms with E-state index in [2.05, 4.69) is 19.6 Å². The third-order valence-electron chi connectivity index (χ3n) is 5.64. The highest BCUT2D eigenvalue weighted by atomic mass is 16.2. The van der Waals surface area contributed by atoms with Crippen molar-refractivity contribution in [1.82, 2.24) is 29.4 Å². The van der Waals surface area contributed by atoms with Crippen LogP contribution in [-0.2, 0) is 9.59 Å². The van der Waals surface area contributed by atoms with Crippen LogP contribution in [0.3, 0.4) is 0 Å². The molecule has 0 spiro atoms. The van der Waals surface area contributed by atoms with Crippen LogP contribution in [-0.4, -0.2) is 127 Å². The number of rotatable bonds is 10. The lowest BCUT2D eigenvalue weighted by molar-refractivity contribution is -0.152. The zero-order valence-corrected chi connectivity index (χ0v) is 15.8. The Labute approximate surface area is 156 Å². The summed E-state index contributed by atoms with van der Waals surface area (Å²) in [6.07, 6.45) is 2.24. The van der Waals surface area contributed by atoms with Crippen LogP contribution in [0.25, 0.3) is 0 Å². The van der Waals surface area contributed by atoms with Crippen molar-refractivity contribution in [3.05, 3.63) is 0 Å². The Hall–Kier alpha value is -1.22. The van der Waals surface area contributed by atoms with Gasteiger partial charge in [0.2, 0.25) is 11.8 Å². The molecule has 146 valence electrons. The van der Waals surface area contributed by atoms with E-state index in [0.717, 1.165) is 58.8 Å². The summed E-state index contributed by atoms with van der Waals surface area (Å²) in [6, 6.07) is 0. The van der Waals surface area contributed by atoms with E-state index in [-0.39, 0.29) is 11.8 Å². The Bertz CT molecular complexity index is 482. The van der Waals surface area contributed by atoms with Gasteiger partial charge in [-0.1, -0.05) is 0 Å². The predicted molar refractivity (Wildman–Crippen MR) is 98.2 cm³/mol. The van der Waals surface area contributed by atoms with Crippen molar-refractivity contribution in [2.75, 3.05) is 85.5 Å². The number of hydrogen-bond acceptors (Lipinski definition) is 6. The lowest BCUT2D eigenvalue weighted by Gasteiger charge is -2.42. The predicted octanol–water partition coefficient (Wildman–Crippen LogP) is -1.05. The molecule has 0 unspecified atom stereocenters. The number of amides is 2. The molecule has 4 rings (SSSR count). The van der Waals surface area contributed by atoms with Gasteiger partial charge in [0.15, 0.2) is 0 Å². The SMILES string of the molecule is O=C(CCN1CC1)N1CN(CCCN2CC2)CN(C(=O)CCN2CC2)C1. The van der Waals surface area contributed by atoms with Crippen LogP contribution < -0.4 is 0 Å². The van der Waals surface area contributed by atoms with Gasteiger partial charge >= 0.3 is 0 Å². The highest BCUT2D eigenvalue weighted by molar-refractivity contribution is 5.79. The summed E-state index contributed by atoms with van der Waals surface area (Å²) in [5.74, 6) is 0.354. The number of hydrogen-bond donors (Lipinski definition) is 0. The van der Waals surface area contributed by atoms with Crippen molar-refractivity contribution in [1.29, 1.82) is 0 Å². The van der Waals surface area contributed by atoms with Gasteiger partial charge in [-0.05, 0) is 13.0 Å². The van der Waals surface area contributed by atoms with Crippen LogP contribution in [0.4, 0.5) is 0 Å². The van der Waals surface area contributed by atoms with E-state index in [9.17, 15) is 9.59 Å². The molecule has 2 amide bonds. The normalized spacial score (nSPS) is 24.2. The monoisotopic (exact) mass is 364 g/mol. The summed E-state index contributed by atoms with van der Waals surface area (Å²) in [5, 5.41) is 0. The topological polar surface area (TPSA) is 52.9 Å². The van der Waals surface area contributed by atoms with Crippen molar-refractivity contribution in [3.63, 3.8) is 0 Å². The van der Waals surface area contributed by atoms with Crippen molar-refractivity contribution < 1.29 is 9.59 Å². The van der Waals surface area contributed by atoms with Crippen LogP contribution in [0.1, 0.15) is 19.3 Å². The molecule has 0 aromatic carbocycles. The van der Waals surface area contributed by atoms with E-state index in [1.807, 2.05) is 9.80 Å². The Balaban J connectivity index is 1.28. The van der Waals surface area contributed by atoms with E-state index in [1.165, 1.54) is 13.1 Å². The van der Waals surface area contributed by atoms with Gasteiger partial charge in [0.25, 0.3) is 0 Å². The fraction of sp³-hybridized carbons (Fsp3) is 0.889. The van der Waals surface area contributed by atoms with Crippen LogP contribution in [0.2, 0.25) is 0 Å². The van der Waals surface area contributed by atoms with Crippen molar-refractivity contribution >= 4 is 11.8 Å². The molecule has 0 aliphatic carbocycles. The Morgan fingerprint density at radius 2 is 0.962 bits per heavy atom. The number of nitrogens with zero attached hydrogens (tertiary/aromatic N) is 6. The summed E-state index contributed by atoms with van der Waals surface area (Å²) in [7, 11) is 0. The number of carbonyl (C=O) groups excluding carboxylic acids is 2. The molecular weight excluding hydrogens is 332 g/mol. The zero-order valence-electron chi connectivity index (χ0n) is 15.8. The molecule has 0 N–H and O–H groups in total. The quantitative estimate of drug-likeness (QED) is 0.461. The van der Waals surface area contributed by atoms with E-state index in [4.69, 9.17) is 0 Å². The van der Waals surface area contributed by atoms with E-state index >= 15 is 0 Å². The fourth-order valence-electron chi connectivity index (χ4n) is 3.50. The van der Waals surface area contributed by atoms with Gasteiger partial charge in [-0.3, -0.25) is 14.5 Å². The molecule has 4 heterocycles. The third kappa shape index (κ3) is 5.64. The molecule has 4 saturated heterocycles. The summed E-state index contributed by atoms with van der Waals surface area (Å²) < 4.78 is 0. The Morgan fingerprint density at radius 1 is 0.538 bits per heavy atom. The molecule has 0 saturated carbocycles. The average Bonchev–Trinajstić information content (AvgIpc) is 3.46. The second-order valence-corrected chi connectivity index (χ2v) is 8.06. The van der Waals surface area contributed by atoms with Gasteiger partial charge in [0.05, 0.1) is 20.0 Å². The maximum absolute atomic E-state index is 12.6. The molecule has 4 aliphatic rings. The van der Waals surface area contributed by atoms with E-state index in [0.29, 0.717) is 32.8 Å². The Morgan fingerprint density at radius 3 is 1.42 bits per heavy atom. The summed E-state index contributed by atoms with van der Waals surface area (Å²) >= 11 is 0. The molecule has 0 bridgehead atoms. The fourth-order valence-corrected chi connectivity index (χ4v) is 3.50. The van der Waals surface area contributed by atoms with Crippen LogP contribution >= 0.6 is 0 Å². The first-order valence-corrected chi connectivity index (χ1v) is 10.1. The second-order valence-electron chi connectivity index (χ2n) is 8.06. The third-order valence-corrected chi connectivity index (χ3v) is 5.64. The van der Waals surface area contributed by atoms with Crippen molar-refractivity contribution in [2.24, 2.45) is 0 Å². The first-order valence-electron chi connectivity index (χ1n) is 10.1. The van der Waals surface area contributed by atoms with Gasteiger partial charge in [0, 0.05) is 71.7 Å². The average molecular weight is 364 g/mol. The summed E-state index contributed by atoms with van der Waals surface area (Å²) in [6.45, 7) is 12.5. The summed E-state index contributed by atoms with van der Waals surface area (Å²) in [5.41, 5.74) is 0. The molecule has 0 radical (unpaired) electrons. The standard InChI is InChI=1S/C18H32N6O2/c25-17(2-6-20-10-11-20)23-14-22(5-1-4-19-8-9-19)15-24(16-23)18(26)3-7-21-12-13-21/h1-16H2. The van der Waals surface area contributed by atoms with Gasteiger partial charge in [-0.15, -0.1) is 0 Å². The maximum atomic E-state index is 12.6. The second kappa shape index (κ2) is 8.21. The van der Waals surface area contributed by atoms with Crippen LogP contribution in [0.5, 0.6) is 0 Å². The smallest absolute Gasteiger partial charge is 0.226 e. The molecular formula is C18H32N6O2. The molecule has 8 nitrogen and oxygen atoms in total. The minimum atomic E-state index is 0.177. The van der Waals surface area contributed by atoms with Crippen LogP contribution in [0, 0.1) is 0 Å². The minimum absolute atomic E-state index is 0.177. The van der Waals surface area contributed by atoms with Crippen molar-refractivity contribution in [3.8, 4) is 0 Å². The van der Waals surface area contributed by atoms with E-state index in [1.54, 1.807) is 0 Å². The van der Waals surface area contributed by atoms with Gasteiger partial charge in [-0.2, -0.15) is 0 Å². The Kier molecular flexibility index (Phi) is 5.73. The first kappa shape index (κ1) is 18.2. The molecule has 4 fully saturated rings. The molecule has 8 heteroatoms. The lowest BCUT2D eigenvalue weighted by Crippen LogP contribution is -2.58. The van der Waals surface area contributed by atoms with Crippen molar-refractivity contribution in [2.45, 2.75) is 19.3 Å². The zero-order chi connectivity index (χ0) is 17.9. The molecule has 0 aromatic heterocycles. The van der Waals surface area contributed by atoms with E-state index < -0.39 is 0 Å². The summed E-state index contributed by atoms with van der Waals surface area (Å²) in [4.78, 5) is 38.2. The highest BCUT2D eigenvalue weighted by Gasteiger charge is 2.31. The molecule has 4 aliphatic heterocycles. The van der Waals surface area contributed by atoms with Gasteiger partial charge in [-0.25, -0.2) is 0 Å². The molecule has 0 aromatic rings. The van der Waals surface area contributed by atoms with Gasteiger partial charge < -0.3 is 24.5 Å². The molecule has 0 atom stereocenters. The minimum Gasteiger partial charge on any atom is -0.312 e. The van der Waals surface area contributed by atoms with Crippen LogP contribution in [0.15, 0.2) is 0 Å². The lowest BCUT2D eigenvalue weighted by atomic mass is 10.3. The highest BCUT2D eigenvalue weighted by Crippen LogP contribution is 2.14. The van der Waals surface area contributed by atoms with Gasteiger partial charge in [0.1, 0.15) is 0 Å². The number of carbonyl (C=O) groups is 2.